The quantitative estimate of drug-likeness (QED) is 0.125. The highest BCUT2D eigenvalue weighted by atomic mass is 16.5. The molecule has 0 aliphatic heterocycles. The number of para-hydroxylation sites is 2. The molecule has 45 heavy (non-hydrogen) atoms. The van der Waals surface area contributed by atoms with E-state index in [-0.39, 0.29) is 18.9 Å². The highest BCUT2D eigenvalue weighted by Crippen LogP contribution is 2.31. The number of carboxylic acids is 1. The molecule has 6 nitrogen and oxygen atoms in total. The predicted octanol–water partition coefficient (Wildman–Crippen LogP) is 8.91. The van der Waals surface area contributed by atoms with E-state index in [0.717, 1.165) is 55.6 Å². The molecule has 0 heterocycles. The Kier molecular flexibility index (Phi) is 12.2. The molecular weight excluding hydrogens is 560 g/mol. The Hall–Kier alpha value is -4.58. The van der Waals surface area contributed by atoms with Gasteiger partial charge < -0.3 is 20.1 Å². The third-order valence-corrected chi connectivity index (χ3v) is 8.14. The Balaban J connectivity index is 1.57. The fourth-order valence-corrected chi connectivity index (χ4v) is 5.55. The molecule has 0 unspecified atom stereocenters. The van der Waals surface area contributed by atoms with Crippen LogP contribution in [0.2, 0.25) is 0 Å². The number of benzene rings is 4. The largest absolute Gasteiger partial charge is 0.491 e. The third-order valence-electron chi connectivity index (χ3n) is 8.14. The number of hydrogen-bond donors (Lipinski definition) is 2. The maximum atomic E-state index is 13.5. The molecule has 0 radical (unpaired) electrons. The predicted molar refractivity (Wildman–Crippen MR) is 183 cm³/mol. The van der Waals surface area contributed by atoms with E-state index in [1.54, 1.807) is 12.1 Å². The lowest BCUT2D eigenvalue weighted by molar-refractivity contribution is -0.137. The van der Waals surface area contributed by atoms with Gasteiger partial charge >= 0.3 is 5.97 Å². The second-order valence-electron chi connectivity index (χ2n) is 11.7. The number of carboxylic acid groups (broad SMARTS) is 1. The van der Waals surface area contributed by atoms with Gasteiger partial charge in [0.1, 0.15) is 5.75 Å². The summed E-state index contributed by atoms with van der Waals surface area (Å²) in [5.74, 6) is -0.556. The van der Waals surface area contributed by atoms with E-state index in [1.807, 2.05) is 25.1 Å². The Morgan fingerprint density at radius 1 is 0.733 bits per heavy atom. The highest BCUT2D eigenvalue weighted by Gasteiger charge is 2.19. The van der Waals surface area contributed by atoms with Gasteiger partial charge in [0, 0.05) is 30.8 Å². The van der Waals surface area contributed by atoms with Crippen molar-refractivity contribution >= 4 is 23.3 Å². The molecule has 4 aromatic rings. The van der Waals surface area contributed by atoms with Gasteiger partial charge in [0.05, 0.1) is 12.3 Å². The molecule has 236 valence electrons. The molecule has 0 atom stereocenters. The summed E-state index contributed by atoms with van der Waals surface area (Å²) in [5.41, 5.74) is 9.44. The van der Waals surface area contributed by atoms with Crippen LogP contribution in [0.25, 0.3) is 0 Å². The first kappa shape index (κ1) is 33.3. The number of rotatable bonds is 16. The molecule has 0 aliphatic carbocycles. The standard InChI is InChI=1S/C39H46N2O4/c1-5-10-30-15-19-32(20-16-30)26-41(27-33-21-17-31(11-6-2)18-22-33)36-24-23-34(28(3)29(36)4)39(44)40-35-12-7-8-13-37(35)45-25-9-14-38(42)43/h7-8,12-13,15-24H,5-6,9-11,14,25-27H2,1-4H3,(H,40,44)(H,42,43). The van der Waals surface area contributed by atoms with Gasteiger partial charge in [0.25, 0.3) is 5.91 Å². The Morgan fingerprint density at radius 2 is 1.29 bits per heavy atom. The van der Waals surface area contributed by atoms with Gasteiger partial charge in [0.2, 0.25) is 0 Å². The van der Waals surface area contributed by atoms with Crippen LogP contribution in [-0.4, -0.2) is 23.6 Å². The lowest BCUT2D eigenvalue weighted by Crippen LogP contribution is -2.24. The van der Waals surface area contributed by atoms with Crippen LogP contribution in [0.3, 0.4) is 0 Å². The summed E-state index contributed by atoms with van der Waals surface area (Å²) in [4.78, 5) is 26.8. The van der Waals surface area contributed by atoms with Gasteiger partial charge in [-0.3, -0.25) is 9.59 Å². The molecule has 6 heteroatoms. The Morgan fingerprint density at radius 3 is 1.84 bits per heavy atom. The zero-order valence-corrected chi connectivity index (χ0v) is 27.1. The van der Waals surface area contributed by atoms with Gasteiger partial charge in [-0.1, -0.05) is 87.4 Å². The minimum Gasteiger partial charge on any atom is -0.491 e. The zero-order chi connectivity index (χ0) is 32.2. The number of carbonyl (C=O) groups is 2. The summed E-state index contributed by atoms with van der Waals surface area (Å²) in [7, 11) is 0. The fourth-order valence-electron chi connectivity index (χ4n) is 5.55. The minimum absolute atomic E-state index is 0.0324. The normalized spacial score (nSPS) is 10.8. The second-order valence-corrected chi connectivity index (χ2v) is 11.7. The van der Waals surface area contributed by atoms with Crippen LogP contribution in [-0.2, 0) is 30.7 Å². The van der Waals surface area contributed by atoms with Crippen molar-refractivity contribution in [1.29, 1.82) is 0 Å². The van der Waals surface area contributed by atoms with Crippen LogP contribution in [0, 0.1) is 13.8 Å². The summed E-state index contributed by atoms with van der Waals surface area (Å²) in [5, 5.41) is 11.9. The van der Waals surface area contributed by atoms with Crippen molar-refractivity contribution in [3.63, 3.8) is 0 Å². The van der Waals surface area contributed by atoms with Crippen molar-refractivity contribution in [2.24, 2.45) is 0 Å². The van der Waals surface area contributed by atoms with Crippen molar-refractivity contribution < 1.29 is 19.4 Å². The Labute approximate surface area is 268 Å². The smallest absolute Gasteiger partial charge is 0.303 e. The molecule has 1 amide bonds. The lowest BCUT2D eigenvalue weighted by atomic mass is 9.99. The number of amides is 1. The SMILES string of the molecule is CCCc1ccc(CN(Cc2ccc(CCC)cc2)c2ccc(C(=O)Nc3ccccc3OCCCC(=O)O)c(C)c2C)cc1. The van der Waals surface area contributed by atoms with E-state index in [9.17, 15) is 9.59 Å². The van der Waals surface area contributed by atoms with Crippen molar-refractivity contribution in [3.05, 3.63) is 124 Å². The molecule has 2 N–H and O–H groups in total. The number of carbonyl (C=O) groups excluding carboxylic acids is 1. The van der Waals surface area contributed by atoms with E-state index < -0.39 is 5.97 Å². The molecule has 0 bridgehead atoms. The minimum atomic E-state index is -0.859. The molecule has 0 saturated heterocycles. The van der Waals surface area contributed by atoms with Crippen LogP contribution >= 0.6 is 0 Å². The van der Waals surface area contributed by atoms with E-state index >= 15 is 0 Å². The first-order valence-electron chi connectivity index (χ1n) is 16.0. The molecule has 0 spiro atoms. The summed E-state index contributed by atoms with van der Waals surface area (Å²) >= 11 is 0. The van der Waals surface area contributed by atoms with Crippen LogP contribution in [0.5, 0.6) is 5.75 Å². The summed E-state index contributed by atoms with van der Waals surface area (Å²) in [6, 6.07) is 29.0. The number of ether oxygens (including phenoxy) is 1. The number of hydrogen-bond acceptors (Lipinski definition) is 4. The first-order chi connectivity index (χ1) is 21.8. The number of aryl methyl sites for hydroxylation is 2. The number of anilines is 2. The van der Waals surface area contributed by atoms with Gasteiger partial charge in [-0.05, 0) is 90.8 Å². The maximum absolute atomic E-state index is 13.5. The molecular formula is C39H46N2O4. The third kappa shape index (κ3) is 9.45. The van der Waals surface area contributed by atoms with E-state index in [4.69, 9.17) is 9.84 Å². The van der Waals surface area contributed by atoms with Gasteiger partial charge in [-0.15, -0.1) is 0 Å². The van der Waals surface area contributed by atoms with E-state index in [0.29, 0.717) is 23.4 Å². The topological polar surface area (TPSA) is 78.9 Å². The van der Waals surface area contributed by atoms with E-state index in [1.165, 1.54) is 22.3 Å². The zero-order valence-electron chi connectivity index (χ0n) is 27.1. The second kappa shape index (κ2) is 16.5. The van der Waals surface area contributed by atoms with Gasteiger partial charge in [0.15, 0.2) is 0 Å². The van der Waals surface area contributed by atoms with Crippen molar-refractivity contribution in [2.45, 2.75) is 79.3 Å². The molecule has 4 aromatic carbocycles. The van der Waals surface area contributed by atoms with Crippen molar-refractivity contribution in [3.8, 4) is 5.75 Å². The molecule has 0 saturated carbocycles. The number of nitrogens with zero attached hydrogens (tertiary/aromatic N) is 1. The first-order valence-corrected chi connectivity index (χ1v) is 16.0. The van der Waals surface area contributed by atoms with Crippen molar-refractivity contribution in [1.82, 2.24) is 0 Å². The molecule has 0 aromatic heterocycles. The van der Waals surface area contributed by atoms with Gasteiger partial charge in [-0.2, -0.15) is 0 Å². The van der Waals surface area contributed by atoms with Crippen LogP contribution < -0.4 is 15.0 Å². The van der Waals surface area contributed by atoms with Gasteiger partial charge in [-0.25, -0.2) is 0 Å². The lowest BCUT2D eigenvalue weighted by Gasteiger charge is -2.28. The maximum Gasteiger partial charge on any atom is 0.303 e. The number of aliphatic carboxylic acids is 1. The summed E-state index contributed by atoms with van der Waals surface area (Å²) in [6.07, 6.45) is 4.84. The highest BCUT2D eigenvalue weighted by molar-refractivity contribution is 6.06. The fraction of sp³-hybridized carbons (Fsp3) is 0.333. The Bertz CT molecular complexity index is 1510. The summed E-state index contributed by atoms with van der Waals surface area (Å²) < 4.78 is 5.80. The average Bonchev–Trinajstić information content (AvgIpc) is 3.03. The molecule has 0 aliphatic rings. The van der Waals surface area contributed by atoms with Crippen LogP contribution in [0.1, 0.15) is 83.3 Å². The number of nitrogens with one attached hydrogen (secondary N) is 1. The summed E-state index contributed by atoms with van der Waals surface area (Å²) in [6.45, 7) is 10.2. The van der Waals surface area contributed by atoms with Crippen LogP contribution in [0.15, 0.2) is 84.9 Å². The van der Waals surface area contributed by atoms with E-state index in [2.05, 4.69) is 85.6 Å². The molecule has 4 rings (SSSR count). The monoisotopic (exact) mass is 606 g/mol. The van der Waals surface area contributed by atoms with Crippen molar-refractivity contribution in [2.75, 3.05) is 16.8 Å². The van der Waals surface area contributed by atoms with Crippen LogP contribution in [0.4, 0.5) is 11.4 Å². The molecule has 0 fully saturated rings. The average molecular weight is 607 g/mol.